The van der Waals surface area contributed by atoms with Gasteiger partial charge < -0.3 is 10.2 Å². The monoisotopic (exact) mass is 212 g/mol. The molecule has 0 bridgehead atoms. The number of hydrogen-bond acceptors (Lipinski definition) is 2. The molecule has 1 atom stereocenters. The van der Waals surface area contributed by atoms with E-state index in [2.05, 4.69) is 6.58 Å². The molecule has 0 radical (unpaired) electrons. The van der Waals surface area contributed by atoms with Crippen LogP contribution in [0.2, 0.25) is 0 Å². The zero-order valence-electron chi connectivity index (χ0n) is 8.99. The van der Waals surface area contributed by atoms with Crippen LogP contribution in [-0.2, 0) is 9.59 Å². The summed E-state index contributed by atoms with van der Waals surface area (Å²) in [5.41, 5.74) is 0.769. The second-order valence-corrected chi connectivity index (χ2v) is 3.53. The Kier molecular flexibility index (Phi) is 5.37. The van der Waals surface area contributed by atoms with Crippen molar-refractivity contribution in [1.82, 2.24) is 0 Å². The molecule has 0 aliphatic heterocycles. The molecule has 0 amide bonds. The number of rotatable bonds is 2. The first-order chi connectivity index (χ1) is 6.86. The van der Waals surface area contributed by atoms with Gasteiger partial charge in [0.1, 0.15) is 0 Å². The third-order valence-corrected chi connectivity index (χ3v) is 2.11. The van der Waals surface area contributed by atoms with E-state index in [0.717, 1.165) is 12.8 Å². The minimum atomic E-state index is -0.935. The van der Waals surface area contributed by atoms with Gasteiger partial charge in [-0.2, -0.15) is 0 Å². The zero-order valence-corrected chi connectivity index (χ0v) is 8.99. The van der Waals surface area contributed by atoms with Crippen LogP contribution in [0.5, 0.6) is 0 Å². The second-order valence-electron chi connectivity index (χ2n) is 3.53. The highest BCUT2D eigenvalue weighted by molar-refractivity contribution is 5.87. The maximum atomic E-state index is 10.3. The molecular formula is C11H16O4. The van der Waals surface area contributed by atoms with E-state index in [9.17, 15) is 9.59 Å². The number of carbonyl (C=O) groups is 2. The van der Waals surface area contributed by atoms with Gasteiger partial charge in [-0.25, -0.2) is 9.59 Å². The molecule has 2 N–H and O–H groups in total. The van der Waals surface area contributed by atoms with E-state index in [1.165, 1.54) is 6.92 Å². The number of carboxylic acids is 2. The predicted molar refractivity (Wildman–Crippen MR) is 56.6 cm³/mol. The number of carboxylic acid groups (broad SMARTS) is 2. The summed E-state index contributed by atoms with van der Waals surface area (Å²) in [5, 5.41) is 16.4. The van der Waals surface area contributed by atoms with Crippen molar-refractivity contribution in [3.63, 3.8) is 0 Å². The van der Waals surface area contributed by atoms with Crippen molar-refractivity contribution < 1.29 is 19.8 Å². The Morgan fingerprint density at radius 1 is 1.47 bits per heavy atom. The lowest BCUT2D eigenvalue weighted by Crippen LogP contribution is -2.04. The molecule has 1 unspecified atom stereocenters. The van der Waals surface area contributed by atoms with Crippen molar-refractivity contribution in [2.75, 3.05) is 0 Å². The largest absolute Gasteiger partial charge is 0.478 e. The van der Waals surface area contributed by atoms with Crippen LogP contribution in [0.1, 0.15) is 26.7 Å². The van der Waals surface area contributed by atoms with E-state index in [1.807, 2.05) is 13.0 Å². The lowest BCUT2D eigenvalue weighted by Gasteiger charge is -2.00. The first kappa shape index (κ1) is 13.4. The predicted octanol–water partition coefficient (Wildman–Crippen LogP) is 2.07. The molecule has 0 spiro atoms. The summed E-state index contributed by atoms with van der Waals surface area (Å²) in [6.45, 7) is 6.55. The molecule has 4 nitrogen and oxygen atoms in total. The molecular weight excluding hydrogens is 196 g/mol. The van der Waals surface area contributed by atoms with Crippen LogP contribution in [0, 0.1) is 5.92 Å². The Labute approximate surface area is 88.9 Å². The first-order valence-corrected chi connectivity index (χ1v) is 4.68. The average Bonchev–Trinajstić information content (AvgIpc) is 2.52. The van der Waals surface area contributed by atoms with Gasteiger partial charge in [-0.1, -0.05) is 19.6 Å². The molecule has 0 fully saturated rings. The number of hydrogen-bond donors (Lipinski definition) is 2. The van der Waals surface area contributed by atoms with Gasteiger partial charge in [-0.3, -0.25) is 0 Å². The minimum Gasteiger partial charge on any atom is -0.478 e. The smallest absolute Gasteiger partial charge is 0.331 e. The van der Waals surface area contributed by atoms with Crippen molar-refractivity contribution >= 4 is 11.9 Å². The van der Waals surface area contributed by atoms with E-state index >= 15 is 0 Å². The average molecular weight is 212 g/mol. The molecule has 1 rings (SSSR count). The highest BCUT2D eigenvalue weighted by Gasteiger charge is 2.19. The van der Waals surface area contributed by atoms with Crippen molar-refractivity contribution in [1.29, 1.82) is 0 Å². The van der Waals surface area contributed by atoms with Gasteiger partial charge in [0, 0.05) is 11.1 Å². The standard InChI is InChI=1S/C7H10O2.C4H6O2/c1-5-3-2-4-6(5)7(8)9;1-3(2)4(5)6/h4-5H,2-3H2,1H3,(H,8,9);1H2,2H3,(H,5,6). The van der Waals surface area contributed by atoms with Crippen LogP contribution in [0.25, 0.3) is 0 Å². The van der Waals surface area contributed by atoms with Gasteiger partial charge in [-0.15, -0.1) is 0 Å². The van der Waals surface area contributed by atoms with Crippen LogP contribution < -0.4 is 0 Å². The lowest BCUT2D eigenvalue weighted by atomic mass is 10.1. The Bertz CT molecular complexity index is 290. The summed E-state index contributed by atoms with van der Waals surface area (Å²) in [6, 6.07) is 0. The van der Waals surface area contributed by atoms with Crippen LogP contribution in [0.15, 0.2) is 23.8 Å². The fourth-order valence-electron chi connectivity index (χ4n) is 1.14. The van der Waals surface area contributed by atoms with Gasteiger partial charge in [0.2, 0.25) is 0 Å². The molecule has 0 heterocycles. The molecule has 0 saturated carbocycles. The van der Waals surface area contributed by atoms with Crippen molar-refractivity contribution in [3.05, 3.63) is 23.8 Å². The van der Waals surface area contributed by atoms with Gasteiger partial charge in [0.05, 0.1) is 0 Å². The van der Waals surface area contributed by atoms with Gasteiger partial charge in [0.15, 0.2) is 0 Å². The Balaban J connectivity index is 0.000000288. The lowest BCUT2D eigenvalue weighted by molar-refractivity contribution is -0.133. The van der Waals surface area contributed by atoms with Crippen LogP contribution in [-0.4, -0.2) is 22.2 Å². The topological polar surface area (TPSA) is 74.6 Å². The van der Waals surface area contributed by atoms with E-state index in [0.29, 0.717) is 5.57 Å². The van der Waals surface area contributed by atoms with Crippen LogP contribution in [0.3, 0.4) is 0 Å². The van der Waals surface area contributed by atoms with Gasteiger partial charge in [-0.05, 0) is 25.7 Å². The van der Waals surface area contributed by atoms with E-state index in [1.54, 1.807) is 0 Å². The second kappa shape index (κ2) is 6.01. The maximum absolute atomic E-state index is 10.3. The normalized spacial score (nSPS) is 18.5. The van der Waals surface area contributed by atoms with Gasteiger partial charge >= 0.3 is 11.9 Å². The Hall–Kier alpha value is -1.58. The molecule has 1 aliphatic carbocycles. The third-order valence-electron chi connectivity index (χ3n) is 2.11. The SMILES string of the molecule is C=C(C)C(=O)O.CC1CCC=C1C(=O)O. The minimum absolute atomic E-state index is 0.176. The molecule has 0 aromatic heterocycles. The van der Waals surface area contributed by atoms with E-state index in [4.69, 9.17) is 10.2 Å². The highest BCUT2D eigenvalue weighted by Crippen LogP contribution is 2.24. The van der Waals surface area contributed by atoms with Crippen molar-refractivity contribution in [3.8, 4) is 0 Å². The van der Waals surface area contributed by atoms with Crippen LogP contribution >= 0.6 is 0 Å². The first-order valence-electron chi connectivity index (χ1n) is 4.68. The highest BCUT2D eigenvalue weighted by atomic mass is 16.4. The van der Waals surface area contributed by atoms with E-state index < -0.39 is 11.9 Å². The van der Waals surface area contributed by atoms with Crippen LogP contribution in [0.4, 0.5) is 0 Å². The quantitative estimate of drug-likeness (QED) is 0.687. The Morgan fingerprint density at radius 3 is 2.07 bits per heavy atom. The Morgan fingerprint density at radius 2 is 1.93 bits per heavy atom. The van der Waals surface area contributed by atoms with Crippen molar-refractivity contribution in [2.24, 2.45) is 5.92 Å². The maximum Gasteiger partial charge on any atom is 0.331 e. The number of allylic oxidation sites excluding steroid dienone is 1. The van der Waals surface area contributed by atoms with Crippen molar-refractivity contribution in [2.45, 2.75) is 26.7 Å². The number of aliphatic carboxylic acids is 2. The summed E-state index contributed by atoms with van der Waals surface area (Å²) in [6.07, 6.45) is 3.75. The zero-order chi connectivity index (χ0) is 12.0. The fraction of sp³-hybridized carbons (Fsp3) is 0.455. The summed E-state index contributed by atoms with van der Waals surface area (Å²) in [4.78, 5) is 19.9. The molecule has 1 aliphatic rings. The molecule has 4 heteroatoms. The molecule has 0 aromatic rings. The summed E-state index contributed by atoms with van der Waals surface area (Å²) >= 11 is 0. The third kappa shape index (κ3) is 5.00. The molecule has 0 aromatic carbocycles. The van der Waals surface area contributed by atoms with Gasteiger partial charge in [0.25, 0.3) is 0 Å². The fourth-order valence-corrected chi connectivity index (χ4v) is 1.14. The molecule has 0 saturated heterocycles. The molecule has 84 valence electrons. The summed E-state index contributed by atoms with van der Waals surface area (Å²) in [5.74, 6) is -1.42. The molecule has 15 heavy (non-hydrogen) atoms. The van der Waals surface area contributed by atoms with E-state index in [-0.39, 0.29) is 11.5 Å². The summed E-state index contributed by atoms with van der Waals surface area (Å²) < 4.78 is 0. The summed E-state index contributed by atoms with van der Waals surface area (Å²) in [7, 11) is 0.